The summed E-state index contributed by atoms with van der Waals surface area (Å²) < 4.78 is 27.1. The largest absolute Gasteiger partial charge is 0.313 e. The first-order valence-electron chi connectivity index (χ1n) is 7.75. The fourth-order valence-electron chi connectivity index (χ4n) is 2.11. The van der Waals surface area contributed by atoms with Crippen LogP contribution in [0.3, 0.4) is 0 Å². The van der Waals surface area contributed by atoms with Crippen LogP contribution in [0, 0.1) is 5.92 Å². The lowest BCUT2D eigenvalue weighted by Crippen LogP contribution is -2.34. The zero-order valence-corrected chi connectivity index (χ0v) is 14.4. The Balaban J connectivity index is 2.99. The number of benzene rings is 1. The minimum absolute atomic E-state index is 0.365. The molecule has 0 amide bonds. The van der Waals surface area contributed by atoms with Crippen molar-refractivity contribution in [1.82, 2.24) is 9.62 Å². The molecule has 0 aliphatic rings. The average molecular weight is 312 g/mol. The second kappa shape index (κ2) is 8.51. The van der Waals surface area contributed by atoms with E-state index >= 15 is 0 Å². The Morgan fingerprint density at radius 1 is 1.24 bits per heavy atom. The van der Waals surface area contributed by atoms with Crippen molar-refractivity contribution >= 4 is 10.0 Å². The highest BCUT2D eigenvalue weighted by Crippen LogP contribution is 2.19. The molecule has 120 valence electrons. The molecule has 0 saturated heterocycles. The van der Waals surface area contributed by atoms with Crippen LogP contribution in [-0.2, 0) is 16.6 Å². The van der Waals surface area contributed by atoms with Crippen LogP contribution in [0.25, 0.3) is 0 Å². The maximum absolute atomic E-state index is 12.7. The lowest BCUT2D eigenvalue weighted by Gasteiger charge is -2.23. The Kier molecular flexibility index (Phi) is 7.35. The van der Waals surface area contributed by atoms with E-state index in [1.807, 2.05) is 26.0 Å². The van der Waals surface area contributed by atoms with Gasteiger partial charge in [-0.3, -0.25) is 0 Å². The van der Waals surface area contributed by atoms with E-state index in [-0.39, 0.29) is 0 Å². The molecule has 0 saturated carbocycles. The molecule has 0 aliphatic heterocycles. The van der Waals surface area contributed by atoms with Crippen molar-refractivity contribution in [1.29, 1.82) is 0 Å². The summed E-state index contributed by atoms with van der Waals surface area (Å²) in [6, 6.07) is 7.23. The lowest BCUT2D eigenvalue weighted by atomic mass is 10.1. The number of hydrogen-bond donors (Lipinski definition) is 1. The van der Waals surface area contributed by atoms with E-state index in [0.29, 0.717) is 30.4 Å². The Morgan fingerprint density at radius 2 is 1.95 bits per heavy atom. The number of rotatable bonds is 9. The number of sulfonamides is 1. The van der Waals surface area contributed by atoms with Crippen LogP contribution >= 0.6 is 0 Å². The Bertz CT molecular complexity index is 529. The molecule has 0 aromatic heterocycles. The molecule has 1 aromatic rings. The standard InChI is InChI=1S/C16H28N2O2S/c1-5-14(4)13-18(7-3)21(19,20)16-10-8-9-15(11-16)12-17-6-2/h8-11,14,17H,5-7,12-13H2,1-4H3. The van der Waals surface area contributed by atoms with Crippen LogP contribution in [0.1, 0.15) is 39.7 Å². The van der Waals surface area contributed by atoms with Gasteiger partial charge in [-0.05, 0) is 30.2 Å². The van der Waals surface area contributed by atoms with E-state index in [4.69, 9.17) is 0 Å². The van der Waals surface area contributed by atoms with Gasteiger partial charge in [-0.15, -0.1) is 0 Å². The smallest absolute Gasteiger partial charge is 0.243 e. The molecule has 0 radical (unpaired) electrons. The quantitative estimate of drug-likeness (QED) is 0.763. The van der Waals surface area contributed by atoms with Crippen LogP contribution in [-0.4, -0.2) is 32.4 Å². The summed E-state index contributed by atoms with van der Waals surface area (Å²) >= 11 is 0. The first kappa shape index (κ1) is 18.1. The van der Waals surface area contributed by atoms with E-state index in [2.05, 4.69) is 19.2 Å². The summed E-state index contributed by atoms with van der Waals surface area (Å²) in [5, 5.41) is 3.22. The molecule has 1 atom stereocenters. The van der Waals surface area contributed by atoms with Gasteiger partial charge in [-0.2, -0.15) is 4.31 Å². The maximum Gasteiger partial charge on any atom is 0.243 e. The zero-order chi connectivity index (χ0) is 15.9. The third-order valence-electron chi connectivity index (χ3n) is 3.68. The van der Waals surface area contributed by atoms with Gasteiger partial charge in [0.05, 0.1) is 4.90 Å². The highest BCUT2D eigenvalue weighted by atomic mass is 32.2. The van der Waals surface area contributed by atoms with Gasteiger partial charge in [-0.25, -0.2) is 8.42 Å². The highest BCUT2D eigenvalue weighted by molar-refractivity contribution is 7.89. The van der Waals surface area contributed by atoms with Crippen molar-refractivity contribution in [3.63, 3.8) is 0 Å². The normalized spacial score (nSPS) is 13.6. The second-order valence-electron chi connectivity index (χ2n) is 5.40. The van der Waals surface area contributed by atoms with Gasteiger partial charge >= 0.3 is 0 Å². The Hall–Kier alpha value is -0.910. The van der Waals surface area contributed by atoms with E-state index in [1.54, 1.807) is 16.4 Å². The summed E-state index contributed by atoms with van der Waals surface area (Å²) in [5.74, 6) is 0.365. The topological polar surface area (TPSA) is 49.4 Å². The molecule has 1 rings (SSSR count). The minimum Gasteiger partial charge on any atom is -0.313 e. The van der Waals surface area contributed by atoms with Crippen LogP contribution in [0.15, 0.2) is 29.2 Å². The van der Waals surface area contributed by atoms with Crippen LogP contribution in [0.2, 0.25) is 0 Å². The van der Waals surface area contributed by atoms with Gasteiger partial charge in [0.2, 0.25) is 10.0 Å². The van der Waals surface area contributed by atoms with E-state index in [1.165, 1.54) is 0 Å². The molecule has 0 aliphatic carbocycles. The molecule has 0 fully saturated rings. The van der Waals surface area contributed by atoms with Crippen molar-refractivity contribution in [2.24, 2.45) is 5.92 Å². The van der Waals surface area contributed by atoms with Crippen molar-refractivity contribution < 1.29 is 8.42 Å². The van der Waals surface area contributed by atoms with Crippen LogP contribution in [0.4, 0.5) is 0 Å². The Labute approximate surface area is 129 Å². The zero-order valence-electron chi connectivity index (χ0n) is 13.6. The summed E-state index contributed by atoms with van der Waals surface area (Å²) in [4.78, 5) is 0.392. The second-order valence-corrected chi connectivity index (χ2v) is 7.33. The fraction of sp³-hybridized carbons (Fsp3) is 0.625. The van der Waals surface area contributed by atoms with Gasteiger partial charge < -0.3 is 5.32 Å². The van der Waals surface area contributed by atoms with E-state index in [9.17, 15) is 8.42 Å². The monoisotopic (exact) mass is 312 g/mol. The molecule has 5 heteroatoms. The predicted molar refractivity (Wildman–Crippen MR) is 87.7 cm³/mol. The molecule has 0 heterocycles. The minimum atomic E-state index is -3.40. The van der Waals surface area contributed by atoms with Gasteiger partial charge in [0.25, 0.3) is 0 Å². The molecule has 4 nitrogen and oxygen atoms in total. The van der Waals surface area contributed by atoms with E-state index in [0.717, 1.165) is 18.5 Å². The summed E-state index contributed by atoms with van der Waals surface area (Å²) in [6.07, 6.45) is 0.979. The molecule has 1 N–H and O–H groups in total. The Morgan fingerprint density at radius 3 is 2.52 bits per heavy atom. The summed E-state index contributed by atoms with van der Waals surface area (Å²) in [5.41, 5.74) is 0.998. The molecule has 1 aromatic carbocycles. The van der Waals surface area contributed by atoms with E-state index < -0.39 is 10.0 Å². The molecular weight excluding hydrogens is 284 g/mol. The maximum atomic E-state index is 12.7. The first-order chi connectivity index (χ1) is 9.95. The van der Waals surface area contributed by atoms with Crippen LogP contribution < -0.4 is 5.32 Å². The van der Waals surface area contributed by atoms with Gasteiger partial charge in [0, 0.05) is 19.6 Å². The number of hydrogen-bond acceptors (Lipinski definition) is 3. The molecule has 0 bridgehead atoms. The third-order valence-corrected chi connectivity index (χ3v) is 5.62. The van der Waals surface area contributed by atoms with Gasteiger partial charge in [-0.1, -0.05) is 46.2 Å². The van der Waals surface area contributed by atoms with Crippen LogP contribution in [0.5, 0.6) is 0 Å². The van der Waals surface area contributed by atoms with Crippen molar-refractivity contribution in [3.8, 4) is 0 Å². The van der Waals surface area contributed by atoms with Gasteiger partial charge in [0.15, 0.2) is 0 Å². The SMILES string of the molecule is CCNCc1cccc(S(=O)(=O)N(CC)CC(C)CC)c1. The third kappa shape index (κ3) is 5.09. The molecule has 1 unspecified atom stereocenters. The highest BCUT2D eigenvalue weighted by Gasteiger charge is 2.24. The van der Waals surface area contributed by atoms with Crippen molar-refractivity contribution in [2.75, 3.05) is 19.6 Å². The van der Waals surface area contributed by atoms with Gasteiger partial charge in [0.1, 0.15) is 0 Å². The summed E-state index contributed by atoms with van der Waals surface area (Å²) in [7, 11) is -3.40. The molecule has 21 heavy (non-hydrogen) atoms. The lowest BCUT2D eigenvalue weighted by molar-refractivity contribution is 0.361. The average Bonchev–Trinajstić information content (AvgIpc) is 2.50. The fourth-order valence-corrected chi connectivity index (χ4v) is 3.75. The first-order valence-corrected chi connectivity index (χ1v) is 9.19. The predicted octanol–water partition coefficient (Wildman–Crippen LogP) is 2.85. The molecular formula is C16H28N2O2S. The number of nitrogens with one attached hydrogen (secondary N) is 1. The molecule has 0 spiro atoms. The summed E-state index contributed by atoms with van der Waals surface area (Å²) in [6.45, 7) is 10.7. The number of nitrogens with zero attached hydrogens (tertiary/aromatic N) is 1. The van der Waals surface area contributed by atoms with Crippen molar-refractivity contribution in [3.05, 3.63) is 29.8 Å². The van der Waals surface area contributed by atoms with Crippen molar-refractivity contribution in [2.45, 2.75) is 45.6 Å².